The summed E-state index contributed by atoms with van der Waals surface area (Å²) >= 11 is 0. The van der Waals surface area contributed by atoms with Crippen molar-refractivity contribution in [3.63, 3.8) is 0 Å². The molecular weight excluding hydrogens is 326 g/mol. The number of anilines is 2. The lowest BCUT2D eigenvalue weighted by molar-refractivity contribution is 0.410. The Morgan fingerprint density at radius 2 is 1.88 bits per heavy atom. The van der Waals surface area contributed by atoms with Crippen molar-refractivity contribution in [3.8, 4) is 5.75 Å². The van der Waals surface area contributed by atoms with Crippen LogP contribution in [0.1, 0.15) is 11.1 Å². The van der Waals surface area contributed by atoms with Crippen LogP contribution in [0.3, 0.4) is 0 Å². The summed E-state index contributed by atoms with van der Waals surface area (Å²) in [7, 11) is 3.72. The van der Waals surface area contributed by atoms with Crippen LogP contribution in [0.4, 0.5) is 11.6 Å². The molecule has 0 aliphatic carbocycles. The Morgan fingerprint density at radius 3 is 2.69 bits per heavy atom. The molecule has 0 saturated heterocycles. The van der Waals surface area contributed by atoms with E-state index in [0.29, 0.717) is 6.54 Å². The Bertz CT molecular complexity index is 825. The molecule has 0 radical (unpaired) electrons. The normalized spacial score (nSPS) is 10.4. The van der Waals surface area contributed by atoms with Crippen molar-refractivity contribution in [2.24, 2.45) is 0 Å². The molecule has 0 unspecified atom stereocenters. The number of ether oxygens (including phenoxy) is 1. The summed E-state index contributed by atoms with van der Waals surface area (Å²) in [6.45, 7) is 1.51. The van der Waals surface area contributed by atoms with Crippen molar-refractivity contribution in [1.82, 2.24) is 15.0 Å². The zero-order chi connectivity index (χ0) is 18.2. The molecule has 2 aromatic heterocycles. The number of rotatable bonds is 8. The number of hydrogen-bond donors (Lipinski definition) is 1. The highest BCUT2D eigenvalue weighted by Crippen LogP contribution is 2.19. The van der Waals surface area contributed by atoms with Crippen molar-refractivity contribution in [3.05, 3.63) is 72.3 Å². The zero-order valence-electron chi connectivity index (χ0n) is 15.1. The minimum absolute atomic E-state index is 0.640. The number of pyridine rings is 1. The molecule has 26 heavy (non-hydrogen) atoms. The molecule has 2 heterocycles. The largest absolute Gasteiger partial charge is 0.496 e. The Morgan fingerprint density at radius 1 is 1.08 bits per heavy atom. The summed E-state index contributed by atoms with van der Waals surface area (Å²) in [6, 6.07) is 14.0. The van der Waals surface area contributed by atoms with Crippen LogP contribution in [0.25, 0.3) is 0 Å². The Hall–Kier alpha value is -3.15. The summed E-state index contributed by atoms with van der Waals surface area (Å²) in [5.74, 6) is 2.54. The molecule has 3 rings (SSSR count). The first-order chi connectivity index (χ1) is 12.8. The Labute approximate surface area is 153 Å². The highest BCUT2D eigenvalue weighted by Gasteiger charge is 2.06. The monoisotopic (exact) mass is 349 g/mol. The number of hydrogen-bond acceptors (Lipinski definition) is 6. The lowest BCUT2D eigenvalue weighted by atomic mass is 10.2. The third-order valence-electron chi connectivity index (χ3n) is 4.18. The van der Waals surface area contributed by atoms with E-state index in [1.807, 2.05) is 61.9 Å². The van der Waals surface area contributed by atoms with Crippen molar-refractivity contribution >= 4 is 11.6 Å². The molecule has 0 fully saturated rings. The minimum atomic E-state index is 0.640. The first-order valence-corrected chi connectivity index (χ1v) is 8.54. The van der Waals surface area contributed by atoms with E-state index in [1.165, 1.54) is 5.56 Å². The van der Waals surface area contributed by atoms with Gasteiger partial charge in [-0.25, -0.2) is 9.97 Å². The number of nitrogens with one attached hydrogen (secondary N) is 1. The third kappa shape index (κ3) is 4.69. The van der Waals surface area contributed by atoms with Gasteiger partial charge in [-0.15, -0.1) is 0 Å². The van der Waals surface area contributed by atoms with Gasteiger partial charge in [-0.1, -0.05) is 18.2 Å². The van der Waals surface area contributed by atoms with Crippen LogP contribution in [-0.2, 0) is 13.0 Å². The molecule has 1 N–H and O–H groups in total. The van der Waals surface area contributed by atoms with Crippen molar-refractivity contribution < 1.29 is 4.74 Å². The van der Waals surface area contributed by atoms with Gasteiger partial charge in [0, 0.05) is 44.2 Å². The van der Waals surface area contributed by atoms with Gasteiger partial charge < -0.3 is 15.0 Å². The summed E-state index contributed by atoms with van der Waals surface area (Å²) in [6.07, 6.45) is 6.16. The SMILES string of the molecule is COc1ccccc1CNc1cc(N(C)CCc2ccncc2)ncn1. The molecule has 134 valence electrons. The highest BCUT2D eigenvalue weighted by molar-refractivity contribution is 5.49. The molecule has 0 amide bonds. The van der Waals surface area contributed by atoms with Crippen LogP contribution < -0.4 is 15.0 Å². The average molecular weight is 349 g/mol. The standard InChI is InChI=1S/C20H23N5O/c1-25(12-9-16-7-10-21-11-8-16)20-13-19(23-15-24-20)22-14-17-5-3-4-6-18(17)26-2/h3-8,10-11,13,15H,9,12,14H2,1-2H3,(H,22,23,24). The lowest BCUT2D eigenvalue weighted by Gasteiger charge is -2.18. The van der Waals surface area contributed by atoms with Crippen molar-refractivity contribution in [2.75, 3.05) is 30.9 Å². The fourth-order valence-corrected chi connectivity index (χ4v) is 2.65. The van der Waals surface area contributed by atoms with Crippen molar-refractivity contribution in [2.45, 2.75) is 13.0 Å². The molecule has 0 aliphatic rings. The quantitative estimate of drug-likeness (QED) is 0.674. The Kier molecular flexibility index (Phi) is 5.98. The molecule has 0 saturated carbocycles. The van der Waals surface area contributed by atoms with E-state index in [-0.39, 0.29) is 0 Å². The van der Waals surface area contributed by atoms with E-state index >= 15 is 0 Å². The van der Waals surface area contributed by atoms with Gasteiger partial charge in [-0.05, 0) is 30.2 Å². The second-order valence-corrected chi connectivity index (χ2v) is 5.95. The van der Waals surface area contributed by atoms with Gasteiger partial charge in [-0.2, -0.15) is 0 Å². The summed E-state index contributed by atoms with van der Waals surface area (Å²) < 4.78 is 5.38. The van der Waals surface area contributed by atoms with E-state index in [0.717, 1.165) is 35.9 Å². The maximum Gasteiger partial charge on any atom is 0.133 e. The molecular formula is C20H23N5O. The smallest absolute Gasteiger partial charge is 0.133 e. The van der Waals surface area contributed by atoms with Gasteiger partial charge in [0.1, 0.15) is 23.7 Å². The number of nitrogens with zero attached hydrogens (tertiary/aromatic N) is 4. The van der Waals surface area contributed by atoms with Gasteiger partial charge in [0.15, 0.2) is 0 Å². The maximum absolute atomic E-state index is 5.38. The molecule has 6 heteroatoms. The number of likely N-dealkylation sites (N-methyl/N-ethyl adjacent to an activating group) is 1. The lowest BCUT2D eigenvalue weighted by Crippen LogP contribution is -2.21. The van der Waals surface area contributed by atoms with E-state index in [9.17, 15) is 0 Å². The van der Waals surface area contributed by atoms with Gasteiger partial charge in [0.05, 0.1) is 7.11 Å². The molecule has 3 aromatic rings. The van der Waals surface area contributed by atoms with Crippen LogP contribution in [0.5, 0.6) is 5.75 Å². The van der Waals surface area contributed by atoms with Gasteiger partial charge >= 0.3 is 0 Å². The molecule has 0 atom stereocenters. The fraction of sp³-hybridized carbons (Fsp3) is 0.250. The summed E-state index contributed by atoms with van der Waals surface area (Å²) in [5.41, 5.74) is 2.34. The van der Waals surface area contributed by atoms with E-state index in [1.54, 1.807) is 13.4 Å². The molecule has 0 bridgehead atoms. The first kappa shape index (κ1) is 17.7. The first-order valence-electron chi connectivity index (χ1n) is 8.54. The van der Waals surface area contributed by atoms with Crippen molar-refractivity contribution in [1.29, 1.82) is 0 Å². The van der Waals surface area contributed by atoms with Gasteiger partial charge in [0.25, 0.3) is 0 Å². The molecule has 6 nitrogen and oxygen atoms in total. The predicted molar refractivity (Wildman–Crippen MR) is 104 cm³/mol. The molecule has 0 aliphatic heterocycles. The summed E-state index contributed by atoms with van der Waals surface area (Å²) in [5, 5.41) is 3.34. The molecule has 1 aromatic carbocycles. The van der Waals surface area contributed by atoms with Crippen LogP contribution >= 0.6 is 0 Å². The van der Waals surface area contributed by atoms with E-state index in [2.05, 4.69) is 25.2 Å². The zero-order valence-corrected chi connectivity index (χ0v) is 15.1. The maximum atomic E-state index is 5.38. The van der Waals surface area contributed by atoms with Crippen LogP contribution in [0.15, 0.2) is 61.2 Å². The number of aromatic nitrogens is 3. The highest BCUT2D eigenvalue weighted by atomic mass is 16.5. The van der Waals surface area contributed by atoms with Gasteiger partial charge in [0.2, 0.25) is 0 Å². The van der Waals surface area contributed by atoms with Crippen LogP contribution in [0.2, 0.25) is 0 Å². The third-order valence-corrected chi connectivity index (χ3v) is 4.18. The van der Waals surface area contributed by atoms with Gasteiger partial charge in [-0.3, -0.25) is 4.98 Å². The number of para-hydroxylation sites is 1. The fourth-order valence-electron chi connectivity index (χ4n) is 2.65. The average Bonchev–Trinajstić information content (AvgIpc) is 2.71. The molecule has 0 spiro atoms. The Balaban J connectivity index is 1.60. The minimum Gasteiger partial charge on any atom is -0.496 e. The van der Waals surface area contributed by atoms with E-state index < -0.39 is 0 Å². The predicted octanol–water partition coefficient (Wildman–Crippen LogP) is 3.17. The second kappa shape index (κ2) is 8.80. The van der Waals surface area contributed by atoms with E-state index in [4.69, 9.17) is 4.74 Å². The number of benzene rings is 1. The van der Waals surface area contributed by atoms with Crippen LogP contribution in [0, 0.1) is 0 Å². The second-order valence-electron chi connectivity index (χ2n) is 5.95. The topological polar surface area (TPSA) is 63.2 Å². The summed E-state index contributed by atoms with van der Waals surface area (Å²) in [4.78, 5) is 14.9. The van der Waals surface area contributed by atoms with Crippen LogP contribution in [-0.4, -0.2) is 35.7 Å². The number of methoxy groups -OCH3 is 1.